The standard InChI is InChI=1S/C51H82O21/c1-19-10-13-51(63-18-19)20(2)32-30(72-51)15-27-25-9-8-24-14-29(28(53)16-50(24,7)26(25)11-12-49(27,32)6)67-48-44(71-46-39(60)36(57)34(55)22(4)65-46)41(62)43(31(17-52)68-48)70-47-40(61)37(58)42(23(5)66-47)69-45-38(59)35(56)33(54)21(3)64-45/h8,19-23,25-48,52-62H,9-18H2,1-7H3/t19-,20+,21+,22+,23+,25-,26+,27+,28-,29-,30+,31-,32+,33+,34+,35-,36-,37+,38-,39-,40-,41+,42+,43-,44-,45+,46+,47+,48-,49+,50+,51-/m1/s1. The Labute approximate surface area is 420 Å². The van der Waals surface area contributed by atoms with Crippen LogP contribution >= 0.6 is 0 Å². The molecule has 21 nitrogen and oxygen atoms in total. The Hall–Kier alpha value is -1.10. The van der Waals surface area contributed by atoms with Crippen LogP contribution < -0.4 is 0 Å². The van der Waals surface area contributed by atoms with Crippen molar-refractivity contribution in [1.82, 2.24) is 0 Å². The van der Waals surface area contributed by atoms with E-state index in [1.807, 2.05) is 0 Å². The number of rotatable bonds is 9. The molecule has 0 aromatic carbocycles. The summed E-state index contributed by atoms with van der Waals surface area (Å²) in [6, 6.07) is 0. The lowest BCUT2D eigenvalue weighted by Crippen LogP contribution is -2.67. The van der Waals surface area contributed by atoms with Crippen LogP contribution in [0.2, 0.25) is 0 Å². The molecule has 11 N–H and O–H groups in total. The zero-order chi connectivity index (χ0) is 51.7. The number of ether oxygens (including phenoxy) is 10. The number of hydrogen-bond acceptors (Lipinski definition) is 21. The predicted octanol–water partition coefficient (Wildman–Crippen LogP) is -0.936. The van der Waals surface area contributed by atoms with Crippen LogP contribution in [0.25, 0.3) is 0 Å². The molecule has 0 radical (unpaired) electrons. The number of aliphatic hydroxyl groups is 11. The van der Waals surface area contributed by atoms with E-state index < -0.39 is 147 Å². The van der Waals surface area contributed by atoms with Crippen molar-refractivity contribution in [2.24, 2.45) is 46.3 Å². The first-order valence-electron chi connectivity index (χ1n) is 26.7. The van der Waals surface area contributed by atoms with Crippen LogP contribution in [0, 0.1) is 46.3 Å². The third-order valence-electron chi connectivity index (χ3n) is 19.7. The largest absolute Gasteiger partial charge is 0.394 e. The molecule has 32 atom stereocenters. The Morgan fingerprint density at radius 3 is 1.82 bits per heavy atom. The molecule has 3 saturated carbocycles. The van der Waals surface area contributed by atoms with Gasteiger partial charge in [0.25, 0.3) is 0 Å². The predicted molar refractivity (Wildman–Crippen MR) is 245 cm³/mol. The number of aliphatic hydroxyl groups excluding tert-OH is 11. The van der Waals surface area contributed by atoms with E-state index in [2.05, 4.69) is 33.8 Å². The second-order valence-electron chi connectivity index (χ2n) is 24.0. The Morgan fingerprint density at radius 2 is 1.21 bits per heavy atom. The van der Waals surface area contributed by atoms with E-state index >= 15 is 0 Å². The normalized spacial score (nSPS) is 58.8. The SMILES string of the molecule is C[C@@H]1CC[C@@]2(OC1)O[C@H]1C[C@H]3[C@@H]4CC=C5C[C@@H](O[C@@H]6O[C@H](CO)[C@@H](O[C@@H]7O[C@@H](C)[C@H](O[C@@H]8O[C@@H](C)[C@H](O)[C@@H](O)[C@H]8O)[C@@H](O)[C@H]7O)[C@H](O)[C@H]6O[C@@H]6O[C@@H](C)[C@H](O)[C@@H](O)[C@H]6O)[C@H](O)C[C@]5(C)[C@H]4CC[C@]3(C)[C@H]1[C@@H]2C. The lowest BCUT2D eigenvalue weighted by Gasteiger charge is -2.59. The van der Waals surface area contributed by atoms with E-state index in [9.17, 15) is 56.2 Å². The van der Waals surface area contributed by atoms with E-state index in [0.29, 0.717) is 48.3 Å². The molecule has 412 valence electrons. The highest BCUT2D eigenvalue weighted by Gasteiger charge is 2.69. The molecule has 6 saturated heterocycles. The Bertz CT molecular complexity index is 1920. The minimum atomic E-state index is -1.88. The minimum Gasteiger partial charge on any atom is -0.394 e. The maximum Gasteiger partial charge on any atom is 0.187 e. The zero-order valence-corrected chi connectivity index (χ0v) is 42.4. The highest BCUT2D eigenvalue weighted by Crippen LogP contribution is 2.71. The average Bonchev–Trinajstić information content (AvgIpc) is 3.79. The van der Waals surface area contributed by atoms with Gasteiger partial charge in [-0.15, -0.1) is 0 Å². The van der Waals surface area contributed by atoms with E-state index in [1.54, 1.807) is 0 Å². The molecule has 0 bridgehead atoms. The van der Waals surface area contributed by atoms with Gasteiger partial charge < -0.3 is 104 Å². The first-order valence-corrected chi connectivity index (χ1v) is 26.7. The fourth-order valence-electron chi connectivity index (χ4n) is 15.5. The van der Waals surface area contributed by atoms with Crippen LogP contribution in [-0.2, 0) is 47.4 Å². The minimum absolute atomic E-state index is 0.100. The Kier molecular flexibility index (Phi) is 15.3. The summed E-state index contributed by atoms with van der Waals surface area (Å²) in [5.41, 5.74) is 0.923. The Morgan fingerprint density at radius 1 is 0.611 bits per heavy atom. The van der Waals surface area contributed by atoms with Crippen LogP contribution in [0.1, 0.15) is 99.8 Å². The summed E-state index contributed by atoms with van der Waals surface area (Å²) in [4.78, 5) is 0. The van der Waals surface area contributed by atoms with E-state index in [1.165, 1.54) is 20.8 Å². The van der Waals surface area contributed by atoms with E-state index in [0.717, 1.165) is 50.7 Å². The van der Waals surface area contributed by atoms with Gasteiger partial charge in [0, 0.05) is 12.3 Å². The van der Waals surface area contributed by atoms with Gasteiger partial charge in [0.1, 0.15) is 79.4 Å². The molecule has 4 aliphatic carbocycles. The molecule has 1 spiro atoms. The maximum atomic E-state index is 12.3. The van der Waals surface area contributed by atoms with Crippen molar-refractivity contribution in [3.8, 4) is 0 Å². The van der Waals surface area contributed by atoms with Crippen LogP contribution in [0.3, 0.4) is 0 Å². The van der Waals surface area contributed by atoms with Crippen LogP contribution in [-0.4, -0.2) is 216 Å². The summed E-state index contributed by atoms with van der Waals surface area (Å²) in [6.07, 6.45) is -23.4. The van der Waals surface area contributed by atoms with Gasteiger partial charge in [0.15, 0.2) is 30.9 Å². The van der Waals surface area contributed by atoms with Crippen LogP contribution in [0.15, 0.2) is 11.6 Å². The van der Waals surface area contributed by atoms with Crippen molar-refractivity contribution >= 4 is 0 Å². The molecular weight excluding hydrogens is 949 g/mol. The van der Waals surface area contributed by atoms with Crippen molar-refractivity contribution in [3.63, 3.8) is 0 Å². The molecular formula is C51H82O21. The van der Waals surface area contributed by atoms with E-state index in [4.69, 9.17) is 47.4 Å². The van der Waals surface area contributed by atoms with Gasteiger partial charge in [0.05, 0.1) is 49.8 Å². The van der Waals surface area contributed by atoms with Crippen LogP contribution in [0.5, 0.6) is 0 Å². The van der Waals surface area contributed by atoms with Crippen molar-refractivity contribution in [3.05, 3.63) is 11.6 Å². The molecule has 10 aliphatic rings. The first kappa shape index (κ1) is 54.3. The van der Waals surface area contributed by atoms with Crippen LogP contribution in [0.4, 0.5) is 0 Å². The summed E-state index contributed by atoms with van der Waals surface area (Å²) in [6.45, 7) is 13.7. The maximum absolute atomic E-state index is 12.3. The third-order valence-corrected chi connectivity index (χ3v) is 19.7. The molecule has 21 heteroatoms. The number of hydrogen-bond donors (Lipinski definition) is 11. The van der Waals surface area contributed by atoms with Gasteiger partial charge in [-0.25, -0.2) is 0 Å². The Balaban J connectivity index is 0.849. The molecule has 10 rings (SSSR count). The van der Waals surface area contributed by atoms with Gasteiger partial charge >= 0.3 is 0 Å². The zero-order valence-electron chi connectivity index (χ0n) is 42.4. The summed E-state index contributed by atoms with van der Waals surface area (Å²) in [5, 5.41) is 121. The van der Waals surface area contributed by atoms with Crippen molar-refractivity contribution in [2.75, 3.05) is 13.2 Å². The second kappa shape index (κ2) is 20.3. The van der Waals surface area contributed by atoms with Gasteiger partial charge in [-0.3, -0.25) is 0 Å². The topological polar surface area (TPSA) is 315 Å². The fraction of sp³-hybridized carbons (Fsp3) is 0.961. The average molecular weight is 1030 g/mol. The van der Waals surface area contributed by atoms with E-state index in [-0.39, 0.29) is 16.9 Å². The second-order valence-corrected chi connectivity index (χ2v) is 24.0. The van der Waals surface area contributed by atoms with Gasteiger partial charge in [0.2, 0.25) is 0 Å². The first-order chi connectivity index (χ1) is 34.0. The fourth-order valence-corrected chi connectivity index (χ4v) is 15.5. The molecule has 0 amide bonds. The van der Waals surface area contributed by atoms with Crippen molar-refractivity contribution in [1.29, 1.82) is 0 Å². The molecule has 0 unspecified atom stereocenters. The lowest BCUT2D eigenvalue weighted by molar-refractivity contribution is -0.395. The lowest BCUT2D eigenvalue weighted by atomic mass is 9.46. The summed E-state index contributed by atoms with van der Waals surface area (Å²) < 4.78 is 61.9. The molecule has 9 fully saturated rings. The molecule has 6 heterocycles. The highest BCUT2D eigenvalue weighted by atomic mass is 16.8. The van der Waals surface area contributed by atoms with Crippen molar-refractivity contribution in [2.45, 2.75) is 247 Å². The van der Waals surface area contributed by atoms with Gasteiger partial charge in [-0.1, -0.05) is 39.3 Å². The molecule has 0 aromatic heterocycles. The third kappa shape index (κ3) is 9.00. The van der Waals surface area contributed by atoms with Gasteiger partial charge in [-0.2, -0.15) is 0 Å². The van der Waals surface area contributed by atoms with Crippen molar-refractivity contribution < 1.29 is 104 Å². The molecule has 6 aliphatic heterocycles. The van der Waals surface area contributed by atoms with Gasteiger partial charge in [-0.05, 0) is 106 Å². The number of fused-ring (bicyclic) bond motifs is 7. The quantitative estimate of drug-likeness (QED) is 0.124. The summed E-state index contributed by atoms with van der Waals surface area (Å²) >= 11 is 0. The molecule has 0 aromatic rings. The summed E-state index contributed by atoms with van der Waals surface area (Å²) in [7, 11) is 0. The monoisotopic (exact) mass is 1030 g/mol. The number of allylic oxidation sites excluding steroid dienone is 1. The molecule has 72 heavy (non-hydrogen) atoms. The highest BCUT2D eigenvalue weighted by molar-refractivity contribution is 5.27. The summed E-state index contributed by atoms with van der Waals surface area (Å²) in [5.74, 6) is 1.91. The smallest absolute Gasteiger partial charge is 0.187 e.